The minimum absolute atomic E-state index is 0.0370. The molecule has 0 bridgehead atoms. The molecule has 4 aromatic rings. The van der Waals surface area contributed by atoms with Crippen molar-refractivity contribution in [2.75, 3.05) is 45.4 Å². The van der Waals surface area contributed by atoms with Gasteiger partial charge in [0.25, 0.3) is 0 Å². The van der Waals surface area contributed by atoms with Gasteiger partial charge in [0.1, 0.15) is 6.61 Å². The third-order valence-electron chi connectivity index (χ3n) is 8.38. The number of ether oxygens (including phenoxy) is 3. The Bertz CT molecular complexity index is 1790. The maximum Gasteiger partial charge on any atom is 0.363 e. The molecule has 1 aromatic carbocycles. The molecule has 2 aliphatic rings. The normalized spacial score (nSPS) is 17.8. The molecule has 0 spiro atoms. The quantitative estimate of drug-likeness (QED) is 0.187. The second-order valence-corrected chi connectivity index (χ2v) is 11.2. The third kappa shape index (κ3) is 6.02. The van der Waals surface area contributed by atoms with Crippen LogP contribution in [0.5, 0.6) is 11.6 Å². The van der Waals surface area contributed by atoms with Crippen molar-refractivity contribution in [1.29, 1.82) is 0 Å². The summed E-state index contributed by atoms with van der Waals surface area (Å²) in [4.78, 5) is 37.0. The van der Waals surface area contributed by atoms with E-state index in [1.165, 1.54) is 12.3 Å². The van der Waals surface area contributed by atoms with Gasteiger partial charge in [-0.3, -0.25) is 9.69 Å². The molecule has 3 aromatic heterocycles. The van der Waals surface area contributed by atoms with E-state index >= 15 is 0 Å². The molecule has 2 aliphatic heterocycles. The fourth-order valence-corrected chi connectivity index (χ4v) is 6.19. The van der Waals surface area contributed by atoms with E-state index < -0.39 is 22.0 Å². The smallest absolute Gasteiger partial charge is 0.363 e. The van der Waals surface area contributed by atoms with Crippen molar-refractivity contribution in [2.45, 2.75) is 38.0 Å². The maximum atomic E-state index is 14.8. The van der Waals surface area contributed by atoms with Crippen LogP contribution < -0.4 is 19.8 Å². The zero-order valence-corrected chi connectivity index (χ0v) is 24.8. The number of nitrogens with zero attached hydrogens (tertiary/aromatic N) is 6. The Morgan fingerprint density at radius 3 is 2.76 bits per heavy atom. The van der Waals surface area contributed by atoms with E-state index in [1.807, 2.05) is 12.1 Å². The molecule has 45 heavy (non-hydrogen) atoms. The highest BCUT2D eigenvalue weighted by atomic mass is 19.2. The van der Waals surface area contributed by atoms with Crippen molar-refractivity contribution >= 4 is 22.4 Å². The van der Waals surface area contributed by atoms with Gasteiger partial charge in [0.2, 0.25) is 11.7 Å². The summed E-state index contributed by atoms with van der Waals surface area (Å²) in [6.45, 7) is 2.28. The first-order valence-corrected chi connectivity index (χ1v) is 14.5. The number of pyridine rings is 3. The average Bonchev–Trinajstić information content (AvgIpc) is 3.06. The van der Waals surface area contributed by atoms with Crippen LogP contribution in [0.2, 0.25) is 0 Å². The summed E-state index contributed by atoms with van der Waals surface area (Å²) in [7, 11) is 3.08. The molecule has 236 valence electrons. The second-order valence-electron chi connectivity index (χ2n) is 11.2. The summed E-state index contributed by atoms with van der Waals surface area (Å²) in [5, 5.41) is 11.2. The largest absolute Gasteiger partial charge is 0.486 e. The minimum Gasteiger partial charge on any atom is -0.486 e. The van der Waals surface area contributed by atoms with E-state index in [-0.39, 0.29) is 54.3 Å². The highest BCUT2D eigenvalue weighted by Crippen LogP contribution is 2.36. The topological polar surface area (TPSA) is 125 Å². The molecule has 6 rings (SSSR count). The summed E-state index contributed by atoms with van der Waals surface area (Å²) in [5.74, 6) is -2.32. The second kappa shape index (κ2) is 12.7. The number of methoxy groups -OCH3 is 2. The predicted octanol–water partition coefficient (Wildman–Crippen LogP) is 4.24. The van der Waals surface area contributed by atoms with E-state index in [0.717, 1.165) is 36.7 Å². The van der Waals surface area contributed by atoms with Gasteiger partial charge in [0.05, 0.1) is 36.3 Å². The summed E-state index contributed by atoms with van der Waals surface area (Å²) >= 11 is 0. The van der Waals surface area contributed by atoms with Gasteiger partial charge in [0, 0.05) is 69.4 Å². The highest BCUT2D eigenvalue weighted by molar-refractivity contribution is 5.86. The number of nitro groups is 1. The molecule has 2 unspecified atom stereocenters. The summed E-state index contributed by atoms with van der Waals surface area (Å²) in [6, 6.07) is 7.34. The van der Waals surface area contributed by atoms with Gasteiger partial charge in [-0.05, 0) is 46.5 Å². The lowest BCUT2D eigenvalue weighted by molar-refractivity contribution is -0.389. The Morgan fingerprint density at radius 2 is 2.02 bits per heavy atom. The van der Waals surface area contributed by atoms with E-state index in [4.69, 9.17) is 14.2 Å². The number of halogens is 2. The fourth-order valence-electron chi connectivity index (χ4n) is 6.19. The Morgan fingerprint density at radius 1 is 1.18 bits per heavy atom. The van der Waals surface area contributed by atoms with Crippen LogP contribution in [0.15, 0.2) is 53.7 Å². The van der Waals surface area contributed by atoms with Crippen LogP contribution in [0.4, 0.5) is 20.3 Å². The van der Waals surface area contributed by atoms with Crippen LogP contribution in [0.1, 0.15) is 30.0 Å². The first-order chi connectivity index (χ1) is 21.8. The Hall–Kier alpha value is -4.69. The summed E-state index contributed by atoms with van der Waals surface area (Å²) in [6.07, 6.45) is 6.53. The first-order valence-electron chi connectivity index (χ1n) is 14.5. The number of hydrogen-bond donors (Lipinski definition) is 0. The lowest BCUT2D eigenvalue weighted by atomic mass is 10.0. The van der Waals surface area contributed by atoms with Crippen molar-refractivity contribution in [3.8, 4) is 11.6 Å². The third-order valence-corrected chi connectivity index (χ3v) is 8.38. The van der Waals surface area contributed by atoms with Crippen LogP contribution in [-0.4, -0.2) is 70.9 Å². The highest BCUT2D eigenvalue weighted by Gasteiger charge is 2.31. The van der Waals surface area contributed by atoms with Crippen LogP contribution in [0.25, 0.3) is 10.9 Å². The number of aromatic nitrogens is 3. The molecule has 5 heterocycles. The number of anilines is 1. The Labute approximate surface area is 256 Å². The first kappa shape index (κ1) is 30.3. The summed E-state index contributed by atoms with van der Waals surface area (Å²) < 4.78 is 47.5. The number of hydrogen-bond acceptors (Lipinski definition) is 10. The van der Waals surface area contributed by atoms with Crippen LogP contribution in [0, 0.1) is 21.7 Å². The lowest BCUT2D eigenvalue weighted by Crippen LogP contribution is -2.48. The molecule has 12 nitrogen and oxygen atoms in total. The van der Waals surface area contributed by atoms with E-state index in [0.29, 0.717) is 24.5 Å². The molecule has 2 atom stereocenters. The molecular formula is C31H32F2N6O6. The van der Waals surface area contributed by atoms with Crippen molar-refractivity contribution < 1.29 is 27.9 Å². The molecule has 1 saturated heterocycles. The zero-order chi connectivity index (χ0) is 31.7. The zero-order valence-electron chi connectivity index (χ0n) is 24.8. The molecule has 1 fully saturated rings. The van der Waals surface area contributed by atoms with E-state index in [2.05, 4.69) is 19.8 Å². The van der Waals surface area contributed by atoms with Gasteiger partial charge in [-0.15, -0.1) is 0 Å². The van der Waals surface area contributed by atoms with Crippen molar-refractivity contribution in [1.82, 2.24) is 19.4 Å². The van der Waals surface area contributed by atoms with Gasteiger partial charge in [0.15, 0.2) is 23.2 Å². The fraction of sp³-hybridized carbons (Fsp3) is 0.387. The lowest BCUT2D eigenvalue weighted by Gasteiger charge is -2.40. The maximum absolute atomic E-state index is 14.8. The number of piperidine rings is 1. The average molecular weight is 623 g/mol. The molecule has 14 heteroatoms. The van der Waals surface area contributed by atoms with E-state index in [9.17, 15) is 23.7 Å². The Kier molecular flexibility index (Phi) is 8.59. The van der Waals surface area contributed by atoms with Gasteiger partial charge < -0.3 is 33.8 Å². The number of benzene rings is 1. The predicted molar refractivity (Wildman–Crippen MR) is 161 cm³/mol. The van der Waals surface area contributed by atoms with Gasteiger partial charge in [-0.2, -0.15) is 4.39 Å². The molecule has 0 N–H and O–H groups in total. The van der Waals surface area contributed by atoms with Crippen molar-refractivity contribution in [2.24, 2.45) is 0 Å². The molecule has 0 radical (unpaired) electrons. The van der Waals surface area contributed by atoms with Gasteiger partial charge >= 0.3 is 5.82 Å². The molecule has 0 saturated carbocycles. The monoisotopic (exact) mass is 622 g/mol. The molecule has 0 amide bonds. The summed E-state index contributed by atoms with van der Waals surface area (Å²) in [5.41, 5.74) is 1.89. The molecule has 0 aliphatic carbocycles. The van der Waals surface area contributed by atoms with Gasteiger partial charge in [-0.1, -0.05) is 0 Å². The van der Waals surface area contributed by atoms with Crippen LogP contribution >= 0.6 is 0 Å². The van der Waals surface area contributed by atoms with Crippen LogP contribution in [0.3, 0.4) is 0 Å². The standard InChI is InChI=1S/C31H32F2N6O6/c1-43-17-23-18-45-31-28(33)25(32)11-24-29(31)38(23)15-20(30(24)40)14-37(13-19-7-8-34-27(10-19)44-2)22-4-3-9-36(16-22)21-5-6-26(35-12-21)39(41)42/h5-8,10-12,15,22-23H,3-4,9,13-14,16-18H2,1-2H3. The SMILES string of the molecule is COCC1COc2c(F)c(F)cc3c(=O)c(CN(Cc4ccnc(OC)c4)C4CCCN(c5ccc([N+](=O)[O-])nc5)C4)cn1c23. The van der Waals surface area contributed by atoms with Crippen molar-refractivity contribution in [3.63, 3.8) is 0 Å². The minimum atomic E-state index is -1.15. The van der Waals surface area contributed by atoms with Crippen molar-refractivity contribution in [3.05, 3.63) is 92.0 Å². The van der Waals surface area contributed by atoms with E-state index in [1.54, 1.807) is 37.2 Å². The molecular weight excluding hydrogens is 590 g/mol. The Balaban J connectivity index is 1.39. The van der Waals surface area contributed by atoms with Crippen LogP contribution in [-0.2, 0) is 17.8 Å². The van der Waals surface area contributed by atoms with Gasteiger partial charge in [-0.25, -0.2) is 9.37 Å². The number of rotatable bonds is 10.